The van der Waals surface area contributed by atoms with Crippen LogP contribution in [0.15, 0.2) is 33.9 Å². The van der Waals surface area contributed by atoms with Crippen LogP contribution in [0.4, 0.5) is 5.69 Å². The summed E-state index contributed by atoms with van der Waals surface area (Å²) in [7, 11) is 0. The minimum absolute atomic E-state index is 0.635. The van der Waals surface area contributed by atoms with Crippen molar-refractivity contribution in [2.24, 2.45) is 0 Å². The van der Waals surface area contributed by atoms with Crippen LogP contribution in [0.3, 0.4) is 0 Å². The molecule has 0 aliphatic rings. The number of aromatic nitrogens is 3. The maximum Gasteiger partial charge on any atom is 0.127 e. The summed E-state index contributed by atoms with van der Waals surface area (Å²) in [5.74, 6) is 0. The van der Waals surface area contributed by atoms with Gasteiger partial charge in [0.15, 0.2) is 0 Å². The number of benzene rings is 1. The van der Waals surface area contributed by atoms with Crippen LogP contribution in [0, 0.1) is 6.92 Å². The van der Waals surface area contributed by atoms with Crippen LogP contribution in [-0.2, 0) is 6.54 Å². The lowest BCUT2D eigenvalue weighted by molar-refractivity contribution is 0.300. The van der Waals surface area contributed by atoms with E-state index in [4.69, 9.17) is 10.4 Å². The molecule has 19 heavy (non-hydrogen) atoms. The third-order valence-electron chi connectivity index (χ3n) is 3.16. The number of nitrogen functional groups attached to an aromatic ring is 1. The van der Waals surface area contributed by atoms with Gasteiger partial charge in [-0.15, -0.1) is 11.8 Å². The van der Waals surface area contributed by atoms with E-state index in [2.05, 4.69) is 27.2 Å². The van der Waals surface area contributed by atoms with Crippen molar-refractivity contribution < 1.29 is 4.63 Å². The Morgan fingerprint density at radius 1 is 1.37 bits per heavy atom. The molecule has 0 atom stereocenters. The normalized spacial score (nSPS) is 11.3. The van der Waals surface area contributed by atoms with Crippen molar-refractivity contribution >= 4 is 28.4 Å². The summed E-state index contributed by atoms with van der Waals surface area (Å²) in [6.07, 6.45) is 4.09. The maximum atomic E-state index is 5.96. The van der Waals surface area contributed by atoms with Crippen LogP contribution in [0.5, 0.6) is 0 Å². The molecule has 0 fully saturated rings. The Balaban J connectivity index is 2.10. The third-order valence-corrected chi connectivity index (χ3v) is 3.94. The molecule has 0 unspecified atom stereocenters. The molecule has 2 N–H and O–H groups in total. The first-order chi connectivity index (χ1) is 9.19. The maximum absolute atomic E-state index is 5.96. The van der Waals surface area contributed by atoms with E-state index in [9.17, 15) is 0 Å². The first-order valence-electron chi connectivity index (χ1n) is 5.89. The van der Waals surface area contributed by atoms with Gasteiger partial charge in [0.1, 0.15) is 11.4 Å². The summed E-state index contributed by atoms with van der Waals surface area (Å²) >= 11 is 1.70. The van der Waals surface area contributed by atoms with Crippen molar-refractivity contribution in [2.75, 3.05) is 12.0 Å². The Morgan fingerprint density at radius 2 is 2.21 bits per heavy atom. The number of aryl methyl sites for hydroxylation is 1. The molecule has 98 valence electrons. The van der Waals surface area contributed by atoms with Crippen LogP contribution in [0.2, 0.25) is 0 Å². The molecule has 2 aromatic heterocycles. The lowest BCUT2D eigenvalue weighted by Gasteiger charge is -2.06. The van der Waals surface area contributed by atoms with Crippen LogP contribution in [0.25, 0.3) is 10.9 Å². The lowest BCUT2D eigenvalue weighted by Crippen LogP contribution is -2.00. The molecule has 5 nitrogen and oxygen atoms in total. The van der Waals surface area contributed by atoms with Crippen LogP contribution >= 0.6 is 11.8 Å². The van der Waals surface area contributed by atoms with Gasteiger partial charge in [-0.25, -0.2) is 4.63 Å². The van der Waals surface area contributed by atoms with Gasteiger partial charge in [0.05, 0.1) is 12.1 Å². The van der Waals surface area contributed by atoms with E-state index in [0.717, 1.165) is 22.6 Å². The first-order valence-corrected chi connectivity index (χ1v) is 7.12. The van der Waals surface area contributed by atoms with Crippen molar-refractivity contribution in [1.29, 1.82) is 0 Å². The summed E-state index contributed by atoms with van der Waals surface area (Å²) in [5.41, 5.74) is 9.49. The molecule has 1 aromatic carbocycles. The van der Waals surface area contributed by atoms with Gasteiger partial charge in [-0.3, -0.25) is 0 Å². The molecular weight excluding hydrogens is 260 g/mol. The highest BCUT2D eigenvalue weighted by Gasteiger charge is 2.10. The number of fused-ring (bicyclic) bond motifs is 1. The molecular formula is C13H14N4OS. The molecule has 0 aliphatic carbocycles. The molecule has 0 spiro atoms. The van der Waals surface area contributed by atoms with E-state index in [-0.39, 0.29) is 0 Å². The van der Waals surface area contributed by atoms with Gasteiger partial charge in [-0.2, -0.15) is 0 Å². The van der Waals surface area contributed by atoms with E-state index < -0.39 is 0 Å². The molecule has 0 bridgehead atoms. The molecule has 3 aromatic rings. The molecule has 0 saturated heterocycles. The fourth-order valence-electron chi connectivity index (χ4n) is 2.14. The zero-order valence-corrected chi connectivity index (χ0v) is 11.6. The Labute approximate surface area is 114 Å². The van der Waals surface area contributed by atoms with Gasteiger partial charge in [0, 0.05) is 22.2 Å². The number of nitrogens with zero attached hydrogens (tertiary/aromatic N) is 3. The number of hydrogen-bond acceptors (Lipinski definition) is 5. The highest BCUT2D eigenvalue weighted by atomic mass is 32.2. The van der Waals surface area contributed by atoms with Gasteiger partial charge in [0.2, 0.25) is 0 Å². The Hall–Kier alpha value is -1.95. The van der Waals surface area contributed by atoms with Gasteiger partial charge in [0.25, 0.3) is 0 Å². The van der Waals surface area contributed by atoms with Gasteiger partial charge >= 0.3 is 0 Å². The number of anilines is 1. The van der Waals surface area contributed by atoms with Crippen molar-refractivity contribution in [1.82, 2.24) is 14.9 Å². The zero-order chi connectivity index (χ0) is 13.4. The van der Waals surface area contributed by atoms with Gasteiger partial charge < -0.3 is 10.3 Å². The van der Waals surface area contributed by atoms with Crippen molar-refractivity contribution in [3.63, 3.8) is 0 Å². The second-order valence-corrected chi connectivity index (χ2v) is 5.24. The van der Waals surface area contributed by atoms with Crippen LogP contribution in [-0.4, -0.2) is 21.1 Å². The standard InChI is InChI=1S/C13H14N4OS/c1-8-11(16-18-15-8)7-17-4-3-10-12(17)5-9(14)6-13(10)19-2/h3-6H,7,14H2,1-2H3. The van der Waals surface area contributed by atoms with E-state index in [0.29, 0.717) is 6.54 Å². The van der Waals surface area contributed by atoms with E-state index in [1.165, 1.54) is 10.3 Å². The van der Waals surface area contributed by atoms with Crippen LogP contribution < -0.4 is 5.73 Å². The minimum atomic E-state index is 0.635. The summed E-state index contributed by atoms with van der Waals surface area (Å²) < 4.78 is 6.84. The van der Waals surface area contributed by atoms with Gasteiger partial charge in [-0.05, 0) is 31.4 Å². The fourth-order valence-corrected chi connectivity index (χ4v) is 2.79. The smallest absolute Gasteiger partial charge is 0.127 e. The monoisotopic (exact) mass is 274 g/mol. The van der Waals surface area contributed by atoms with Gasteiger partial charge in [-0.1, -0.05) is 10.3 Å². The number of thioether (sulfide) groups is 1. The summed E-state index contributed by atoms with van der Waals surface area (Å²) in [6.45, 7) is 2.52. The Kier molecular flexibility index (Phi) is 2.94. The predicted molar refractivity (Wildman–Crippen MR) is 76.3 cm³/mol. The highest BCUT2D eigenvalue weighted by molar-refractivity contribution is 7.98. The molecule has 3 rings (SSSR count). The number of nitrogens with two attached hydrogens (primary N) is 1. The molecule has 0 amide bonds. The molecule has 6 heteroatoms. The van der Waals surface area contributed by atoms with E-state index in [1.807, 2.05) is 25.3 Å². The topological polar surface area (TPSA) is 69.9 Å². The highest BCUT2D eigenvalue weighted by Crippen LogP contribution is 2.30. The van der Waals surface area contributed by atoms with Crippen molar-refractivity contribution in [3.8, 4) is 0 Å². The summed E-state index contributed by atoms with van der Waals surface area (Å²) in [4.78, 5) is 1.18. The SMILES string of the molecule is CSc1cc(N)cc2c1ccn2Cc1nonc1C. The zero-order valence-electron chi connectivity index (χ0n) is 10.8. The minimum Gasteiger partial charge on any atom is -0.399 e. The second-order valence-electron chi connectivity index (χ2n) is 4.40. The largest absolute Gasteiger partial charge is 0.399 e. The van der Waals surface area contributed by atoms with E-state index in [1.54, 1.807) is 11.8 Å². The molecule has 0 saturated carbocycles. The lowest BCUT2D eigenvalue weighted by atomic mass is 10.2. The summed E-state index contributed by atoms with van der Waals surface area (Å²) in [6, 6.07) is 6.08. The first kappa shape index (κ1) is 12.1. The number of rotatable bonds is 3. The van der Waals surface area contributed by atoms with Crippen molar-refractivity contribution in [2.45, 2.75) is 18.4 Å². The molecule has 2 heterocycles. The van der Waals surface area contributed by atoms with E-state index >= 15 is 0 Å². The fraction of sp³-hybridized carbons (Fsp3) is 0.231. The second kappa shape index (κ2) is 4.62. The third kappa shape index (κ3) is 2.08. The van der Waals surface area contributed by atoms with Crippen molar-refractivity contribution in [3.05, 3.63) is 35.8 Å². The predicted octanol–water partition coefficient (Wildman–Crippen LogP) is 2.69. The Morgan fingerprint density at radius 3 is 2.89 bits per heavy atom. The summed E-state index contributed by atoms with van der Waals surface area (Å²) in [5, 5.41) is 8.92. The molecule has 0 radical (unpaired) electrons. The average Bonchev–Trinajstić information content (AvgIpc) is 2.97. The number of hydrogen-bond donors (Lipinski definition) is 1. The quantitative estimate of drug-likeness (QED) is 0.587. The van der Waals surface area contributed by atoms with Crippen LogP contribution in [0.1, 0.15) is 11.4 Å². The Bertz CT molecular complexity index is 731. The average molecular weight is 274 g/mol. The molecule has 0 aliphatic heterocycles.